The van der Waals surface area contributed by atoms with Crippen molar-refractivity contribution in [1.82, 2.24) is 5.32 Å². The lowest BCUT2D eigenvalue weighted by molar-refractivity contribution is -0.146. The summed E-state index contributed by atoms with van der Waals surface area (Å²) in [5, 5.41) is 11.7. The third kappa shape index (κ3) is 4.41. The van der Waals surface area contributed by atoms with Crippen LogP contribution in [0.25, 0.3) is 11.1 Å². The van der Waals surface area contributed by atoms with E-state index in [1.165, 1.54) is 32.0 Å². The number of aliphatic carboxylic acids is 1. The first-order valence-corrected chi connectivity index (χ1v) is 7.80. The minimum absolute atomic E-state index is 0.0808. The largest absolute Gasteiger partial charge is 0.481 e. The van der Waals surface area contributed by atoms with E-state index in [4.69, 9.17) is 5.11 Å². The van der Waals surface area contributed by atoms with Crippen LogP contribution in [0.1, 0.15) is 29.8 Å². The van der Waals surface area contributed by atoms with Crippen molar-refractivity contribution < 1.29 is 27.9 Å². The van der Waals surface area contributed by atoms with Crippen LogP contribution >= 0.6 is 0 Å². The van der Waals surface area contributed by atoms with Gasteiger partial charge in [-0.3, -0.25) is 9.59 Å². The maximum atomic E-state index is 12.7. The van der Waals surface area contributed by atoms with Gasteiger partial charge in [0.2, 0.25) is 0 Å². The molecule has 2 N–H and O–H groups in total. The molecule has 0 heterocycles. The number of halogens is 3. The zero-order valence-corrected chi connectivity index (χ0v) is 14.2. The van der Waals surface area contributed by atoms with E-state index in [1.807, 2.05) is 0 Å². The Labute approximate surface area is 148 Å². The summed E-state index contributed by atoms with van der Waals surface area (Å²) in [5.41, 5.74) is -0.730. The molecule has 0 atom stereocenters. The van der Waals surface area contributed by atoms with Gasteiger partial charge in [0.25, 0.3) is 5.91 Å². The maximum Gasteiger partial charge on any atom is 0.416 e. The SMILES string of the molecule is CC(C)(CNC(=O)c1ccccc1-c1ccc(C(F)(F)F)cc1)C(=O)O. The molecule has 2 aromatic carbocycles. The summed E-state index contributed by atoms with van der Waals surface area (Å²) >= 11 is 0. The van der Waals surface area contributed by atoms with Crippen LogP contribution in [-0.4, -0.2) is 23.5 Å². The molecule has 2 rings (SSSR count). The van der Waals surface area contributed by atoms with Crippen LogP contribution in [0, 0.1) is 5.41 Å². The molecule has 0 spiro atoms. The van der Waals surface area contributed by atoms with Gasteiger partial charge in [0, 0.05) is 12.1 Å². The van der Waals surface area contributed by atoms with Crippen LogP contribution < -0.4 is 5.32 Å². The standard InChI is InChI=1S/C19H18F3NO3/c1-18(2,17(25)26)11-23-16(24)15-6-4-3-5-14(15)12-7-9-13(10-8-12)19(20,21)22/h3-10H,11H2,1-2H3,(H,23,24)(H,25,26). The van der Waals surface area contributed by atoms with E-state index in [-0.39, 0.29) is 12.1 Å². The number of hydrogen-bond acceptors (Lipinski definition) is 2. The van der Waals surface area contributed by atoms with Gasteiger partial charge in [-0.2, -0.15) is 13.2 Å². The van der Waals surface area contributed by atoms with E-state index in [0.717, 1.165) is 12.1 Å². The van der Waals surface area contributed by atoms with Crippen LogP contribution in [0.15, 0.2) is 48.5 Å². The van der Waals surface area contributed by atoms with Crippen molar-refractivity contribution in [2.24, 2.45) is 5.41 Å². The molecule has 0 fully saturated rings. The normalized spacial score (nSPS) is 11.9. The van der Waals surface area contributed by atoms with Crippen molar-refractivity contribution in [3.8, 4) is 11.1 Å². The molecule has 0 bridgehead atoms. The number of benzene rings is 2. The number of hydrogen-bond donors (Lipinski definition) is 2. The Morgan fingerprint density at radius 2 is 1.58 bits per heavy atom. The van der Waals surface area contributed by atoms with Crippen molar-refractivity contribution in [1.29, 1.82) is 0 Å². The second kappa shape index (κ2) is 7.19. The summed E-state index contributed by atoms with van der Waals surface area (Å²) < 4.78 is 38.1. The molecule has 0 saturated carbocycles. The molecule has 138 valence electrons. The summed E-state index contributed by atoms with van der Waals surface area (Å²) in [6, 6.07) is 11.0. The van der Waals surface area contributed by atoms with Crippen molar-refractivity contribution in [2.75, 3.05) is 6.54 Å². The molecule has 7 heteroatoms. The van der Waals surface area contributed by atoms with Gasteiger partial charge in [-0.05, 0) is 43.2 Å². The predicted octanol–water partition coefficient (Wildman–Crippen LogP) is 4.21. The molecule has 0 aliphatic heterocycles. The van der Waals surface area contributed by atoms with E-state index in [0.29, 0.717) is 11.1 Å². The molecule has 4 nitrogen and oxygen atoms in total. The van der Waals surface area contributed by atoms with Gasteiger partial charge in [-0.25, -0.2) is 0 Å². The molecule has 0 aromatic heterocycles. The van der Waals surface area contributed by atoms with Crippen molar-refractivity contribution >= 4 is 11.9 Å². The van der Waals surface area contributed by atoms with Crippen molar-refractivity contribution in [3.63, 3.8) is 0 Å². The lowest BCUT2D eigenvalue weighted by atomic mass is 9.93. The van der Waals surface area contributed by atoms with Crippen LogP contribution in [0.2, 0.25) is 0 Å². The third-order valence-corrected chi connectivity index (χ3v) is 3.96. The summed E-state index contributed by atoms with van der Waals surface area (Å²) in [7, 11) is 0. The first kappa shape index (κ1) is 19.5. The number of nitrogens with one attached hydrogen (secondary N) is 1. The van der Waals surface area contributed by atoms with E-state index < -0.39 is 29.0 Å². The van der Waals surface area contributed by atoms with Gasteiger partial charge < -0.3 is 10.4 Å². The third-order valence-electron chi connectivity index (χ3n) is 3.96. The maximum absolute atomic E-state index is 12.7. The van der Waals surface area contributed by atoms with E-state index >= 15 is 0 Å². The van der Waals surface area contributed by atoms with Crippen LogP contribution in [0.3, 0.4) is 0 Å². The quantitative estimate of drug-likeness (QED) is 0.834. The fraction of sp³-hybridized carbons (Fsp3) is 0.263. The van der Waals surface area contributed by atoms with Gasteiger partial charge in [0.15, 0.2) is 0 Å². The average molecular weight is 365 g/mol. The van der Waals surface area contributed by atoms with Crippen LogP contribution in [-0.2, 0) is 11.0 Å². The summed E-state index contributed by atoms with van der Waals surface area (Å²) in [6.45, 7) is 2.89. The first-order chi connectivity index (χ1) is 12.0. The molecule has 0 radical (unpaired) electrons. The molecule has 0 unspecified atom stereocenters. The molecule has 26 heavy (non-hydrogen) atoms. The smallest absolute Gasteiger partial charge is 0.416 e. The lowest BCUT2D eigenvalue weighted by Crippen LogP contribution is -2.39. The highest BCUT2D eigenvalue weighted by atomic mass is 19.4. The molecule has 0 aliphatic rings. The van der Waals surface area contributed by atoms with Gasteiger partial charge in [-0.15, -0.1) is 0 Å². The Hall–Kier alpha value is -2.83. The van der Waals surface area contributed by atoms with E-state index in [9.17, 15) is 22.8 Å². The van der Waals surface area contributed by atoms with Crippen molar-refractivity contribution in [2.45, 2.75) is 20.0 Å². The summed E-state index contributed by atoms with van der Waals surface area (Å²) in [6.07, 6.45) is -4.43. The number of amides is 1. The van der Waals surface area contributed by atoms with Gasteiger partial charge in [0.05, 0.1) is 11.0 Å². The second-order valence-corrected chi connectivity index (χ2v) is 6.49. The molecule has 1 amide bonds. The van der Waals surface area contributed by atoms with E-state index in [2.05, 4.69) is 5.32 Å². The summed E-state index contributed by atoms with van der Waals surface area (Å²) in [5.74, 6) is -1.54. The van der Waals surface area contributed by atoms with Gasteiger partial charge in [0.1, 0.15) is 0 Å². The lowest BCUT2D eigenvalue weighted by Gasteiger charge is -2.20. The number of carboxylic acid groups (broad SMARTS) is 1. The number of alkyl halides is 3. The Morgan fingerprint density at radius 1 is 1.00 bits per heavy atom. The average Bonchev–Trinajstić information content (AvgIpc) is 2.59. The Bertz CT molecular complexity index is 812. The van der Waals surface area contributed by atoms with Crippen LogP contribution in [0.5, 0.6) is 0 Å². The number of rotatable bonds is 5. The minimum Gasteiger partial charge on any atom is -0.481 e. The molecule has 2 aromatic rings. The van der Waals surface area contributed by atoms with Gasteiger partial charge in [-0.1, -0.05) is 30.3 Å². The number of carboxylic acids is 1. The Morgan fingerprint density at radius 3 is 2.12 bits per heavy atom. The highest BCUT2D eigenvalue weighted by Crippen LogP contribution is 2.31. The zero-order chi connectivity index (χ0) is 19.5. The monoisotopic (exact) mass is 365 g/mol. The second-order valence-electron chi connectivity index (χ2n) is 6.49. The number of carbonyl (C=O) groups is 2. The number of carbonyl (C=O) groups excluding carboxylic acids is 1. The van der Waals surface area contributed by atoms with Crippen molar-refractivity contribution in [3.05, 3.63) is 59.7 Å². The zero-order valence-electron chi connectivity index (χ0n) is 14.2. The Balaban J connectivity index is 2.28. The van der Waals surface area contributed by atoms with E-state index in [1.54, 1.807) is 18.2 Å². The fourth-order valence-corrected chi connectivity index (χ4v) is 2.24. The highest BCUT2D eigenvalue weighted by Gasteiger charge is 2.30. The molecule has 0 aliphatic carbocycles. The topological polar surface area (TPSA) is 66.4 Å². The fourth-order valence-electron chi connectivity index (χ4n) is 2.24. The summed E-state index contributed by atoms with van der Waals surface area (Å²) in [4.78, 5) is 23.6. The predicted molar refractivity (Wildman–Crippen MR) is 90.6 cm³/mol. The first-order valence-electron chi connectivity index (χ1n) is 7.80. The van der Waals surface area contributed by atoms with Crippen LogP contribution in [0.4, 0.5) is 13.2 Å². The molecular weight excluding hydrogens is 347 g/mol. The Kier molecular flexibility index (Phi) is 5.39. The van der Waals surface area contributed by atoms with Gasteiger partial charge >= 0.3 is 12.1 Å². The molecule has 0 saturated heterocycles. The minimum atomic E-state index is -4.43. The molecular formula is C19H18F3NO3. The highest BCUT2D eigenvalue weighted by molar-refractivity contribution is 6.01.